The van der Waals surface area contributed by atoms with E-state index in [1.807, 2.05) is 11.0 Å². The second-order valence-electron chi connectivity index (χ2n) is 5.44. The van der Waals surface area contributed by atoms with Crippen LogP contribution in [0.3, 0.4) is 0 Å². The first kappa shape index (κ1) is 14.8. The summed E-state index contributed by atoms with van der Waals surface area (Å²) in [5, 5.41) is 11.6. The number of aromatic nitrogens is 4. The molecule has 7 nitrogen and oxygen atoms in total. The molecule has 3 rings (SSSR count). The molecule has 3 heterocycles. The first-order valence-corrected chi connectivity index (χ1v) is 8.18. The lowest BCUT2D eigenvalue weighted by Crippen LogP contribution is -2.39. The Labute approximate surface area is 132 Å². The van der Waals surface area contributed by atoms with Crippen molar-refractivity contribution in [2.45, 2.75) is 26.2 Å². The van der Waals surface area contributed by atoms with Crippen LogP contribution in [0.25, 0.3) is 0 Å². The van der Waals surface area contributed by atoms with Crippen LogP contribution in [0.2, 0.25) is 0 Å². The van der Waals surface area contributed by atoms with Gasteiger partial charge in [-0.3, -0.25) is 4.79 Å². The molecule has 1 fully saturated rings. The van der Waals surface area contributed by atoms with E-state index in [-0.39, 0.29) is 5.91 Å². The van der Waals surface area contributed by atoms with Crippen molar-refractivity contribution in [2.24, 2.45) is 5.92 Å². The van der Waals surface area contributed by atoms with E-state index in [0.29, 0.717) is 11.0 Å². The molecule has 0 bridgehead atoms. The van der Waals surface area contributed by atoms with E-state index in [0.717, 1.165) is 43.9 Å². The number of nitrogens with zero attached hydrogens (tertiary/aromatic N) is 5. The number of nitrogens with one attached hydrogen (secondary N) is 1. The average Bonchev–Trinajstić information content (AvgIpc) is 3.01. The molecule has 0 unspecified atom stereocenters. The third kappa shape index (κ3) is 3.76. The quantitative estimate of drug-likeness (QED) is 0.926. The Kier molecular flexibility index (Phi) is 4.57. The summed E-state index contributed by atoms with van der Waals surface area (Å²) in [6.07, 6.45) is 4.61. The zero-order valence-corrected chi connectivity index (χ0v) is 13.2. The van der Waals surface area contributed by atoms with Gasteiger partial charge in [0.1, 0.15) is 17.7 Å². The summed E-state index contributed by atoms with van der Waals surface area (Å²) in [5.41, 5.74) is 2.65. The van der Waals surface area contributed by atoms with Crippen molar-refractivity contribution < 1.29 is 4.79 Å². The highest BCUT2D eigenvalue weighted by Crippen LogP contribution is 2.22. The highest BCUT2D eigenvalue weighted by atomic mass is 32.1. The van der Waals surface area contributed by atoms with Gasteiger partial charge >= 0.3 is 0 Å². The molecule has 1 atom stereocenters. The molecular weight excluding hydrogens is 300 g/mol. The van der Waals surface area contributed by atoms with Gasteiger partial charge in [-0.05, 0) is 25.2 Å². The Bertz CT molecular complexity index is 632. The molecule has 116 valence electrons. The number of amides is 1. The van der Waals surface area contributed by atoms with Crippen molar-refractivity contribution in [1.29, 1.82) is 0 Å². The molecule has 1 aliphatic rings. The van der Waals surface area contributed by atoms with E-state index in [4.69, 9.17) is 0 Å². The molecule has 0 aromatic carbocycles. The maximum absolute atomic E-state index is 11.5. The normalized spacial score (nSPS) is 18.2. The third-order valence-electron chi connectivity index (χ3n) is 3.78. The Morgan fingerprint density at radius 2 is 2.41 bits per heavy atom. The van der Waals surface area contributed by atoms with Gasteiger partial charge < -0.3 is 10.2 Å². The molecule has 0 spiro atoms. The van der Waals surface area contributed by atoms with E-state index in [1.54, 1.807) is 18.8 Å². The van der Waals surface area contributed by atoms with Crippen LogP contribution >= 0.6 is 11.3 Å². The fourth-order valence-electron chi connectivity index (χ4n) is 2.73. The van der Waals surface area contributed by atoms with Crippen molar-refractivity contribution in [1.82, 2.24) is 25.1 Å². The molecule has 1 N–H and O–H groups in total. The van der Waals surface area contributed by atoms with Crippen LogP contribution in [0.1, 0.15) is 25.5 Å². The first-order chi connectivity index (χ1) is 10.7. The minimum atomic E-state index is 0.158. The molecule has 2 aromatic heterocycles. The Hall–Kier alpha value is -2.09. The maximum Gasteiger partial charge on any atom is 0.219 e. The average molecular weight is 318 g/mol. The van der Waals surface area contributed by atoms with Crippen molar-refractivity contribution in [2.75, 3.05) is 18.4 Å². The maximum atomic E-state index is 11.5. The molecule has 22 heavy (non-hydrogen) atoms. The summed E-state index contributed by atoms with van der Waals surface area (Å²) in [4.78, 5) is 22.0. The summed E-state index contributed by atoms with van der Waals surface area (Å²) in [6, 6.07) is 1.94. The van der Waals surface area contributed by atoms with Gasteiger partial charge in [0.05, 0.1) is 0 Å². The summed E-state index contributed by atoms with van der Waals surface area (Å²) in [7, 11) is 0. The second-order valence-corrected chi connectivity index (χ2v) is 6.27. The zero-order valence-electron chi connectivity index (χ0n) is 12.4. The molecule has 1 saturated heterocycles. The number of anilines is 2. The molecule has 0 radical (unpaired) electrons. The molecular formula is C14H18N6OS. The van der Waals surface area contributed by atoms with Gasteiger partial charge in [0.25, 0.3) is 0 Å². The van der Waals surface area contributed by atoms with Gasteiger partial charge in [-0.1, -0.05) is 11.3 Å². The van der Waals surface area contributed by atoms with Gasteiger partial charge in [0.2, 0.25) is 11.0 Å². The van der Waals surface area contributed by atoms with Gasteiger partial charge in [0.15, 0.2) is 0 Å². The van der Waals surface area contributed by atoms with Crippen LogP contribution in [0.5, 0.6) is 0 Å². The van der Waals surface area contributed by atoms with Crippen LogP contribution in [0.15, 0.2) is 17.9 Å². The fourth-order valence-corrected chi connectivity index (χ4v) is 3.18. The van der Waals surface area contributed by atoms with Gasteiger partial charge in [0, 0.05) is 31.8 Å². The molecule has 0 saturated carbocycles. The predicted octanol–water partition coefficient (Wildman–Crippen LogP) is 1.87. The fraction of sp³-hybridized carbons (Fsp3) is 0.500. The smallest absolute Gasteiger partial charge is 0.219 e. The van der Waals surface area contributed by atoms with Crippen LogP contribution in [-0.4, -0.2) is 44.1 Å². The van der Waals surface area contributed by atoms with Crippen LogP contribution in [0.4, 0.5) is 10.9 Å². The lowest BCUT2D eigenvalue weighted by Gasteiger charge is -2.31. The largest absolute Gasteiger partial charge is 0.343 e. The lowest BCUT2D eigenvalue weighted by molar-refractivity contribution is -0.130. The first-order valence-electron chi connectivity index (χ1n) is 7.30. The highest BCUT2D eigenvalue weighted by Gasteiger charge is 2.22. The van der Waals surface area contributed by atoms with E-state index < -0.39 is 0 Å². The van der Waals surface area contributed by atoms with E-state index in [9.17, 15) is 4.79 Å². The zero-order chi connectivity index (χ0) is 15.4. The Morgan fingerprint density at radius 1 is 1.50 bits per heavy atom. The number of carbonyl (C=O) groups excluding carboxylic acids is 1. The Morgan fingerprint density at radius 3 is 3.18 bits per heavy atom. The number of hydrogen-bond acceptors (Lipinski definition) is 7. The van der Waals surface area contributed by atoms with Crippen molar-refractivity contribution in [3.05, 3.63) is 23.6 Å². The predicted molar refractivity (Wildman–Crippen MR) is 83.9 cm³/mol. The number of piperidine rings is 1. The van der Waals surface area contributed by atoms with E-state index in [2.05, 4.69) is 25.5 Å². The van der Waals surface area contributed by atoms with Gasteiger partial charge in [-0.25, -0.2) is 9.97 Å². The minimum Gasteiger partial charge on any atom is -0.343 e. The minimum absolute atomic E-state index is 0.158. The standard InChI is InChI=1S/C14H18N6OS/c1-10(21)20-4-2-3-11(7-20)5-12-6-13(16-8-15-12)18-14-19-17-9-22-14/h6,8-9,11H,2-5,7H2,1H3,(H,15,16,18,19)/t11-/m1/s1. The van der Waals surface area contributed by atoms with Gasteiger partial charge in [-0.15, -0.1) is 10.2 Å². The summed E-state index contributed by atoms with van der Waals surface area (Å²) < 4.78 is 0. The summed E-state index contributed by atoms with van der Waals surface area (Å²) in [6.45, 7) is 3.33. The highest BCUT2D eigenvalue weighted by molar-refractivity contribution is 7.13. The van der Waals surface area contributed by atoms with E-state index in [1.165, 1.54) is 11.3 Å². The van der Waals surface area contributed by atoms with E-state index >= 15 is 0 Å². The van der Waals surface area contributed by atoms with Crippen molar-refractivity contribution in [3.8, 4) is 0 Å². The monoisotopic (exact) mass is 318 g/mol. The molecule has 8 heteroatoms. The lowest BCUT2D eigenvalue weighted by atomic mass is 9.93. The number of likely N-dealkylation sites (tertiary alicyclic amines) is 1. The molecule has 0 aliphatic carbocycles. The van der Waals surface area contributed by atoms with Crippen molar-refractivity contribution in [3.63, 3.8) is 0 Å². The SMILES string of the molecule is CC(=O)N1CCC[C@H](Cc2cc(Nc3nncs3)ncn2)C1. The van der Waals surface area contributed by atoms with Crippen LogP contribution in [0, 0.1) is 5.92 Å². The molecule has 1 amide bonds. The summed E-state index contributed by atoms with van der Waals surface area (Å²) >= 11 is 1.42. The topological polar surface area (TPSA) is 83.9 Å². The molecule has 2 aromatic rings. The number of rotatable bonds is 4. The third-order valence-corrected chi connectivity index (χ3v) is 4.39. The van der Waals surface area contributed by atoms with Crippen LogP contribution in [-0.2, 0) is 11.2 Å². The van der Waals surface area contributed by atoms with Crippen LogP contribution < -0.4 is 5.32 Å². The van der Waals surface area contributed by atoms with Gasteiger partial charge in [-0.2, -0.15) is 0 Å². The molecule has 1 aliphatic heterocycles. The number of hydrogen-bond donors (Lipinski definition) is 1. The van der Waals surface area contributed by atoms with Crippen molar-refractivity contribution >= 4 is 28.2 Å². The Balaban J connectivity index is 1.63. The second kappa shape index (κ2) is 6.78. The summed E-state index contributed by atoms with van der Waals surface area (Å²) in [5.74, 6) is 1.34. The number of carbonyl (C=O) groups is 1.